The van der Waals surface area contributed by atoms with Gasteiger partial charge in [0.05, 0.1) is 20.1 Å². The molecule has 0 aliphatic carbocycles. The lowest BCUT2D eigenvalue weighted by molar-refractivity contribution is -0.120. The van der Waals surface area contributed by atoms with E-state index in [4.69, 9.17) is 9.47 Å². The zero-order chi connectivity index (χ0) is 16.5. The first-order valence-corrected chi connectivity index (χ1v) is 7.83. The Labute approximate surface area is 137 Å². The van der Waals surface area contributed by atoms with Gasteiger partial charge in [0.1, 0.15) is 0 Å². The van der Waals surface area contributed by atoms with E-state index >= 15 is 0 Å². The van der Waals surface area contributed by atoms with Crippen molar-refractivity contribution in [3.05, 3.63) is 59.7 Å². The van der Waals surface area contributed by atoms with Gasteiger partial charge in [-0.25, -0.2) is 0 Å². The number of benzene rings is 2. The third kappa shape index (κ3) is 5.33. The fraction of sp³-hybridized carbons (Fsp3) is 0.316. The van der Waals surface area contributed by atoms with E-state index in [0.29, 0.717) is 25.3 Å². The van der Waals surface area contributed by atoms with Gasteiger partial charge in [-0.15, -0.1) is 0 Å². The quantitative estimate of drug-likeness (QED) is 0.813. The Hall–Kier alpha value is -2.49. The van der Waals surface area contributed by atoms with Crippen LogP contribution < -0.4 is 14.8 Å². The van der Waals surface area contributed by atoms with Crippen molar-refractivity contribution in [3.63, 3.8) is 0 Å². The van der Waals surface area contributed by atoms with Crippen LogP contribution in [-0.2, 0) is 17.8 Å². The van der Waals surface area contributed by atoms with Gasteiger partial charge in [0.25, 0.3) is 0 Å². The molecular formula is C19H23NO3. The van der Waals surface area contributed by atoms with Crippen LogP contribution in [0.1, 0.15) is 24.5 Å². The Morgan fingerprint density at radius 3 is 2.52 bits per heavy atom. The molecule has 23 heavy (non-hydrogen) atoms. The Bertz CT molecular complexity index is 626. The van der Waals surface area contributed by atoms with E-state index in [-0.39, 0.29) is 5.91 Å². The van der Waals surface area contributed by atoms with Gasteiger partial charge in [0, 0.05) is 6.54 Å². The maximum atomic E-state index is 12.0. The molecule has 2 aromatic rings. The molecule has 2 rings (SSSR count). The highest BCUT2D eigenvalue weighted by molar-refractivity contribution is 5.78. The van der Waals surface area contributed by atoms with Crippen LogP contribution in [0.2, 0.25) is 0 Å². The zero-order valence-corrected chi connectivity index (χ0v) is 13.7. The molecule has 0 radical (unpaired) electrons. The first-order chi connectivity index (χ1) is 11.2. The number of nitrogens with one attached hydrogen (secondary N) is 1. The maximum absolute atomic E-state index is 12.0. The second-order valence-electron chi connectivity index (χ2n) is 5.27. The van der Waals surface area contributed by atoms with Gasteiger partial charge in [-0.1, -0.05) is 43.3 Å². The first kappa shape index (κ1) is 16.9. The summed E-state index contributed by atoms with van der Waals surface area (Å²) in [6, 6.07) is 15.4. The molecule has 122 valence electrons. The summed E-state index contributed by atoms with van der Waals surface area (Å²) in [6.07, 6.45) is 1.33. The van der Waals surface area contributed by atoms with Crippen LogP contribution >= 0.6 is 0 Å². The summed E-state index contributed by atoms with van der Waals surface area (Å²) in [5, 5.41) is 2.93. The highest BCUT2D eigenvalue weighted by Crippen LogP contribution is 2.28. The minimum absolute atomic E-state index is 0.00137. The number of carbonyl (C=O) groups is 1. The topological polar surface area (TPSA) is 47.6 Å². The van der Waals surface area contributed by atoms with Crippen molar-refractivity contribution < 1.29 is 14.3 Å². The molecule has 1 N–H and O–H groups in total. The van der Waals surface area contributed by atoms with Crippen molar-refractivity contribution in [1.82, 2.24) is 5.32 Å². The lowest BCUT2D eigenvalue weighted by Gasteiger charge is -2.12. The van der Waals surface area contributed by atoms with Crippen molar-refractivity contribution in [3.8, 4) is 11.5 Å². The number of hydrogen-bond acceptors (Lipinski definition) is 3. The predicted octanol–water partition coefficient (Wildman–Crippen LogP) is 3.34. The van der Waals surface area contributed by atoms with Gasteiger partial charge in [0.2, 0.25) is 5.91 Å². The maximum Gasteiger partial charge on any atom is 0.224 e. The fourth-order valence-corrected chi connectivity index (χ4v) is 2.20. The smallest absolute Gasteiger partial charge is 0.224 e. The molecule has 0 heterocycles. The van der Waals surface area contributed by atoms with Crippen molar-refractivity contribution in [2.24, 2.45) is 0 Å². The van der Waals surface area contributed by atoms with Crippen LogP contribution in [0.4, 0.5) is 0 Å². The number of rotatable bonds is 8. The molecule has 0 bridgehead atoms. The average molecular weight is 313 g/mol. The van der Waals surface area contributed by atoms with E-state index in [1.54, 1.807) is 7.11 Å². The van der Waals surface area contributed by atoms with E-state index in [1.807, 2.05) is 48.5 Å². The molecule has 0 saturated heterocycles. The minimum atomic E-state index is 0.00137. The van der Waals surface area contributed by atoms with E-state index in [0.717, 1.165) is 23.3 Å². The Kier molecular flexibility index (Phi) is 6.48. The van der Waals surface area contributed by atoms with Crippen molar-refractivity contribution in [1.29, 1.82) is 0 Å². The number of ether oxygens (including phenoxy) is 2. The van der Waals surface area contributed by atoms with Crippen LogP contribution in [0.15, 0.2) is 48.5 Å². The van der Waals surface area contributed by atoms with Gasteiger partial charge in [0.15, 0.2) is 11.5 Å². The SMILES string of the molecule is CCCOc1ccc(CNC(=O)Cc2ccccc2)cc1OC. The molecule has 0 aromatic heterocycles. The van der Waals surface area contributed by atoms with Crippen LogP contribution in [0, 0.1) is 0 Å². The highest BCUT2D eigenvalue weighted by atomic mass is 16.5. The number of amides is 1. The average Bonchev–Trinajstić information content (AvgIpc) is 2.59. The lowest BCUT2D eigenvalue weighted by Crippen LogP contribution is -2.24. The lowest BCUT2D eigenvalue weighted by atomic mass is 10.1. The molecule has 0 fully saturated rings. The van der Waals surface area contributed by atoms with Crippen molar-refractivity contribution in [2.75, 3.05) is 13.7 Å². The van der Waals surface area contributed by atoms with Crippen molar-refractivity contribution >= 4 is 5.91 Å². The van der Waals surface area contributed by atoms with Gasteiger partial charge < -0.3 is 14.8 Å². The molecule has 0 aliphatic rings. The number of carbonyl (C=O) groups excluding carboxylic acids is 1. The van der Waals surface area contributed by atoms with Crippen LogP contribution in [0.25, 0.3) is 0 Å². The molecule has 4 nitrogen and oxygen atoms in total. The van der Waals surface area contributed by atoms with Gasteiger partial charge in [-0.05, 0) is 29.7 Å². The van der Waals surface area contributed by atoms with E-state index in [9.17, 15) is 4.79 Å². The predicted molar refractivity (Wildman–Crippen MR) is 90.8 cm³/mol. The molecule has 2 aromatic carbocycles. The molecule has 4 heteroatoms. The summed E-state index contributed by atoms with van der Waals surface area (Å²) in [4.78, 5) is 12.0. The standard InChI is InChI=1S/C19H23NO3/c1-3-11-23-17-10-9-16(12-18(17)22-2)14-20-19(21)13-15-7-5-4-6-8-15/h4-10,12H,3,11,13-14H2,1-2H3,(H,20,21). The Morgan fingerprint density at radius 2 is 1.83 bits per heavy atom. The summed E-state index contributed by atoms with van der Waals surface area (Å²) < 4.78 is 11.0. The largest absolute Gasteiger partial charge is 0.493 e. The van der Waals surface area contributed by atoms with Crippen LogP contribution in [-0.4, -0.2) is 19.6 Å². The number of hydrogen-bond donors (Lipinski definition) is 1. The van der Waals surface area contributed by atoms with Crippen molar-refractivity contribution in [2.45, 2.75) is 26.3 Å². The summed E-state index contributed by atoms with van der Waals surface area (Å²) in [7, 11) is 1.62. The second-order valence-corrected chi connectivity index (χ2v) is 5.27. The highest BCUT2D eigenvalue weighted by Gasteiger charge is 2.07. The van der Waals surface area contributed by atoms with E-state index in [2.05, 4.69) is 12.2 Å². The molecular weight excluding hydrogens is 290 g/mol. The molecule has 0 saturated carbocycles. The minimum Gasteiger partial charge on any atom is -0.493 e. The number of methoxy groups -OCH3 is 1. The summed E-state index contributed by atoms with van der Waals surface area (Å²) in [5.74, 6) is 1.42. The molecule has 0 spiro atoms. The monoisotopic (exact) mass is 313 g/mol. The zero-order valence-electron chi connectivity index (χ0n) is 13.7. The fourth-order valence-electron chi connectivity index (χ4n) is 2.20. The molecule has 0 unspecified atom stereocenters. The normalized spacial score (nSPS) is 10.2. The van der Waals surface area contributed by atoms with Gasteiger partial charge in [-0.2, -0.15) is 0 Å². The Balaban J connectivity index is 1.91. The first-order valence-electron chi connectivity index (χ1n) is 7.83. The van der Waals surface area contributed by atoms with Crippen LogP contribution in [0.3, 0.4) is 0 Å². The summed E-state index contributed by atoms with van der Waals surface area (Å²) in [6.45, 7) is 3.18. The Morgan fingerprint density at radius 1 is 1.04 bits per heavy atom. The molecule has 1 amide bonds. The van der Waals surface area contributed by atoms with Gasteiger partial charge in [-0.3, -0.25) is 4.79 Å². The van der Waals surface area contributed by atoms with E-state index in [1.165, 1.54) is 0 Å². The molecule has 0 aliphatic heterocycles. The van der Waals surface area contributed by atoms with E-state index < -0.39 is 0 Å². The molecule has 0 atom stereocenters. The third-order valence-electron chi connectivity index (χ3n) is 3.39. The summed E-state index contributed by atoms with van der Waals surface area (Å²) in [5.41, 5.74) is 1.98. The van der Waals surface area contributed by atoms with Gasteiger partial charge >= 0.3 is 0 Å². The second kappa shape index (κ2) is 8.83. The van der Waals surface area contributed by atoms with Crippen LogP contribution in [0.5, 0.6) is 11.5 Å². The summed E-state index contributed by atoms with van der Waals surface area (Å²) >= 11 is 0. The third-order valence-corrected chi connectivity index (χ3v) is 3.39.